The van der Waals surface area contributed by atoms with Crippen molar-refractivity contribution in [2.75, 3.05) is 18.4 Å². The smallest absolute Gasteiger partial charge is 0.121 e. The minimum Gasteiger partial charge on any atom is -0.508 e. The average Bonchev–Trinajstić information content (AvgIpc) is 2.53. The van der Waals surface area contributed by atoms with Gasteiger partial charge in [-0.2, -0.15) is 0 Å². The van der Waals surface area contributed by atoms with Crippen LogP contribution < -0.4 is 10.6 Å². The van der Waals surface area contributed by atoms with Crippen LogP contribution in [0.5, 0.6) is 5.75 Å². The van der Waals surface area contributed by atoms with Crippen LogP contribution in [-0.4, -0.2) is 29.3 Å². The molecule has 0 aliphatic carbocycles. The molecule has 4 heteroatoms. The van der Waals surface area contributed by atoms with Gasteiger partial charge in [-0.05, 0) is 38.0 Å². The fourth-order valence-electron chi connectivity index (χ4n) is 2.70. The summed E-state index contributed by atoms with van der Waals surface area (Å²) in [7, 11) is 0. The maximum Gasteiger partial charge on any atom is 0.121 e. The van der Waals surface area contributed by atoms with E-state index in [1.807, 2.05) is 13.0 Å². The Morgan fingerprint density at radius 1 is 0.957 bits per heavy atom. The second-order valence-electron chi connectivity index (χ2n) is 5.94. The van der Waals surface area contributed by atoms with E-state index in [1.54, 1.807) is 18.2 Å². The zero-order chi connectivity index (χ0) is 16.8. The molecule has 2 unspecified atom stereocenters. The quantitative estimate of drug-likeness (QED) is 0.593. The molecular weight excluding hydrogens is 288 g/mol. The van der Waals surface area contributed by atoms with Crippen LogP contribution in [0.25, 0.3) is 0 Å². The van der Waals surface area contributed by atoms with Crippen LogP contribution in [0.4, 0.5) is 5.69 Å². The van der Waals surface area contributed by atoms with Crippen molar-refractivity contribution in [3.63, 3.8) is 0 Å². The lowest BCUT2D eigenvalue weighted by Crippen LogP contribution is -2.35. The van der Waals surface area contributed by atoms with Crippen molar-refractivity contribution in [3.05, 3.63) is 59.2 Å². The second kappa shape index (κ2) is 7.99. The first kappa shape index (κ1) is 17.3. The largest absolute Gasteiger partial charge is 0.508 e. The van der Waals surface area contributed by atoms with E-state index < -0.39 is 6.10 Å². The Morgan fingerprint density at radius 2 is 1.61 bits per heavy atom. The van der Waals surface area contributed by atoms with Gasteiger partial charge in [0.25, 0.3) is 0 Å². The van der Waals surface area contributed by atoms with Gasteiger partial charge in [-0.15, -0.1) is 0 Å². The minimum absolute atomic E-state index is 0.127. The van der Waals surface area contributed by atoms with Crippen molar-refractivity contribution in [1.82, 2.24) is 5.32 Å². The number of anilines is 1. The van der Waals surface area contributed by atoms with E-state index in [0.29, 0.717) is 5.56 Å². The number of aliphatic hydroxyl groups is 1. The van der Waals surface area contributed by atoms with Crippen molar-refractivity contribution >= 4 is 5.69 Å². The van der Waals surface area contributed by atoms with Crippen LogP contribution in [-0.2, 0) is 0 Å². The monoisotopic (exact) mass is 314 g/mol. The molecule has 4 N–H and O–H groups in total. The number of rotatable bonds is 7. The molecule has 0 aliphatic heterocycles. The number of para-hydroxylation sites is 2. The van der Waals surface area contributed by atoms with E-state index in [1.165, 1.54) is 16.8 Å². The number of nitrogens with one attached hydrogen (secondary N) is 2. The summed E-state index contributed by atoms with van der Waals surface area (Å²) in [6, 6.07) is 13.0. The standard InChI is InChI=1S/C19H26N2O2/c1-13-7-6-8-14(2)18(13)21-12-11-20-15(3)19(23)16-9-4-5-10-17(16)22/h4-10,15,19-23H,11-12H2,1-3H3. The Hall–Kier alpha value is -2.04. The second-order valence-corrected chi connectivity index (χ2v) is 5.94. The number of benzene rings is 2. The summed E-state index contributed by atoms with van der Waals surface area (Å²) in [6.07, 6.45) is -0.739. The van der Waals surface area contributed by atoms with Gasteiger partial charge in [-0.1, -0.05) is 36.4 Å². The Balaban J connectivity index is 1.83. The van der Waals surface area contributed by atoms with Crippen LogP contribution in [0, 0.1) is 13.8 Å². The first-order valence-corrected chi connectivity index (χ1v) is 8.00. The highest BCUT2D eigenvalue weighted by Crippen LogP contribution is 2.25. The lowest BCUT2D eigenvalue weighted by molar-refractivity contribution is 0.134. The van der Waals surface area contributed by atoms with Gasteiger partial charge in [0.2, 0.25) is 0 Å². The molecule has 0 radical (unpaired) electrons. The summed E-state index contributed by atoms with van der Waals surface area (Å²) in [5, 5.41) is 26.9. The molecule has 0 heterocycles. The number of hydrogen-bond acceptors (Lipinski definition) is 4. The molecule has 0 amide bonds. The maximum absolute atomic E-state index is 10.3. The van der Waals surface area contributed by atoms with E-state index in [0.717, 1.165) is 13.1 Å². The van der Waals surface area contributed by atoms with Crippen molar-refractivity contribution < 1.29 is 10.2 Å². The lowest BCUT2D eigenvalue weighted by Gasteiger charge is -2.22. The molecule has 0 spiro atoms. The third-order valence-electron chi connectivity index (χ3n) is 4.10. The van der Waals surface area contributed by atoms with Gasteiger partial charge < -0.3 is 20.8 Å². The highest BCUT2D eigenvalue weighted by Gasteiger charge is 2.18. The Morgan fingerprint density at radius 3 is 2.26 bits per heavy atom. The third-order valence-corrected chi connectivity index (χ3v) is 4.10. The summed E-state index contributed by atoms with van der Waals surface area (Å²) in [6.45, 7) is 7.58. The predicted molar refractivity (Wildman–Crippen MR) is 94.9 cm³/mol. The van der Waals surface area contributed by atoms with Gasteiger partial charge in [0, 0.05) is 30.4 Å². The topological polar surface area (TPSA) is 64.5 Å². The van der Waals surface area contributed by atoms with Crippen molar-refractivity contribution in [1.29, 1.82) is 0 Å². The summed E-state index contributed by atoms with van der Waals surface area (Å²) < 4.78 is 0. The van der Waals surface area contributed by atoms with Gasteiger partial charge in [0.1, 0.15) is 5.75 Å². The third kappa shape index (κ3) is 4.47. The number of aromatic hydroxyl groups is 1. The van der Waals surface area contributed by atoms with Crippen LogP contribution in [0.3, 0.4) is 0 Å². The van der Waals surface area contributed by atoms with Crippen molar-refractivity contribution in [3.8, 4) is 5.75 Å². The molecule has 2 aromatic carbocycles. The molecule has 0 bridgehead atoms. The molecule has 0 saturated carbocycles. The molecule has 2 aromatic rings. The van der Waals surface area contributed by atoms with Crippen LogP contribution in [0.15, 0.2) is 42.5 Å². The van der Waals surface area contributed by atoms with Gasteiger partial charge >= 0.3 is 0 Å². The number of hydrogen-bond donors (Lipinski definition) is 4. The van der Waals surface area contributed by atoms with Crippen LogP contribution in [0.1, 0.15) is 29.7 Å². The molecular formula is C19H26N2O2. The summed E-state index contributed by atoms with van der Waals surface area (Å²) in [5.74, 6) is 0.127. The van der Waals surface area contributed by atoms with Crippen LogP contribution in [0.2, 0.25) is 0 Å². The summed E-state index contributed by atoms with van der Waals surface area (Å²) in [5.41, 5.74) is 4.18. The van der Waals surface area contributed by atoms with Crippen molar-refractivity contribution in [2.45, 2.75) is 32.9 Å². The van der Waals surface area contributed by atoms with Crippen LogP contribution >= 0.6 is 0 Å². The molecule has 4 nitrogen and oxygen atoms in total. The van der Waals surface area contributed by atoms with Gasteiger partial charge in [-0.3, -0.25) is 0 Å². The first-order chi connectivity index (χ1) is 11.0. The Bertz CT molecular complexity index is 623. The van der Waals surface area contributed by atoms with Gasteiger partial charge in [0.15, 0.2) is 0 Å². The molecule has 23 heavy (non-hydrogen) atoms. The number of aliphatic hydroxyl groups excluding tert-OH is 1. The van der Waals surface area contributed by atoms with E-state index in [-0.39, 0.29) is 11.8 Å². The van der Waals surface area contributed by atoms with Gasteiger partial charge in [0.05, 0.1) is 6.10 Å². The summed E-state index contributed by atoms with van der Waals surface area (Å²) >= 11 is 0. The molecule has 2 rings (SSSR count). The van der Waals surface area contributed by atoms with Gasteiger partial charge in [-0.25, -0.2) is 0 Å². The van der Waals surface area contributed by atoms with Crippen molar-refractivity contribution in [2.24, 2.45) is 0 Å². The normalized spacial score (nSPS) is 13.6. The maximum atomic E-state index is 10.3. The predicted octanol–water partition coefficient (Wildman–Crippen LogP) is 3.13. The van der Waals surface area contributed by atoms with E-state index in [4.69, 9.17) is 0 Å². The lowest BCUT2D eigenvalue weighted by atomic mass is 10.0. The summed E-state index contributed by atoms with van der Waals surface area (Å²) in [4.78, 5) is 0. The zero-order valence-corrected chi connectivity index (χ0v) is 14.0. The Labute approximate surface area is 138 Å². The molecule has 0 saturated heterocycles. The zero-order valence-electron chi connectivity index (χ0n) is 14.0. The number of phenols is 1. The average molecular weight is 314 g/mol. The Kier molecular flexibility index (Phi) is 6.02. The molecule has 124 valence electrons. The van der Waals surface area contributed by atoms with E-state index in [9.17, 15) is 10.2 Å². The fourth-order valence-corrected chi connectivity index (χ4v) is 2.70. The number of aryl methyl sites for hydroxylation is 2. The molecule has 2 atom stereocenters. The molecule has 0 aliphatic rings. The highest BCUT2D eigenvalue weighted by atomic mass is 16.3. The SMILES string of the molecule is Cc1cccc(C)c1NCCNC(C)C(O)c1ccccc1O. The fraction of sp³-hybridized carbons (Fsp3) is 0.368. The molecule has 0 fully saturated rings. The minimum atomic E-state index is -0.739. The first-order valence-electron chi connectivity index (χ1n) is 8.00. The van der Waals surface area contributed by atoms with E-state index in [2.05, 4.69) is 42.7 Å². The molecule has 0 aromatic heterocycles. The van der Waals surface area contributed by atoms with E-state index >= 15 is 0 Å². The number of phenolic OH excluding ortho intramolecular Hbond substituents is 1. The highest BCUT2D eigenvalue weighted by molar-refractivity contribution is 5.56.